The maximum absolute atomic E-state index is 12.8. The molecule has 2 rings (SSSR count). The molecule has 0 spiro atoms. The van der Waals surface area contributed by atoms with Crippen LogP contribution >= 0.6 is 0 Å². The first-order chi connectivity index (χ1) is 12.7. The number of carbonyl (C=O) groups is 3. The molecule has 1 unspecified atom stereocenters. The van der Waals surface area contributed by atoms with Gasteiger partial charge in [-0.2, -0.15) is 0 Å². The van der Waals surface area contributed by atoms with Gasteiger partial charge in [-0.1, -0.05) is 19.0 Å². The van der Waals surface area contributed by atoms with Gasteiger partial charge in [0.1, 0.15) is 5.76 Å². The molecule has 0 saturated carbocycles. The van der Waals surface area contributed by atoms with Gasteiger partial charge in [0.2, 0.25) is 5.91 Å². The Balaban J connectivity index is 2.15. The number of hydrogen-bond acceptors (Lipinski definition) is 6. The van der Waals surface area contributed by atoms with E-state index < -0.39 is 17.3 Å². The van der Waals surface area contributed by atoms with Crippen molar-refractivity contribution < 1.29 is 28.9 Å². The standard InChI is InChI=1S/C18H27N3O6/c1-5-18(3,10-15(23)24)9-14(22)20-8-7-13-12(11-20)16(19-27-13)17(25)21(6-2)26-4/h5-11H2,1-4H3,(H,23,24). The molecule has 1 N–H and O–H groups in total. The molecule has 2 heterocycles. The third-order valence-corrected chi connectivity index (χ3v) is 5.13. The van der Waals surface area contributed by atoms with Crippen LogP contribution < -0.4 is 0 Å². The molecule has 0 saturated heterocycles. The Morgan fingerprint density at radius 1 is 1.33 bits per heavy atom. The van der Waals surface area contributed by atoms with Gasteiger partial charge in [-0.3, -0.25) is 19.2 Å². The number of hydroxylamine groups is 2. The van der Waals surface area contributed by atoms with Crippen molar-refractivity contribution in [2.45, 2.75) is 53.0 Å². The van der Waals surface area contributed by atoms with E-state index in [0.717, 1.165) is 0 Å². The lowest BCUT2D eigenvalue weighted by Gasteiger charge is -2.32. The number of nitrogens with zero attached hydrogens (tertiary/aromatic N) is 3. The van der Waals surface area contributed by atoms with Gasteiger partial charge < -0.3 is 14.5 Å². The lowest BCUT2D eigenvalue weighted by molar-refractivity contribution is -0.141. The average Bonchev–Trinajstić information content (AvgIpc) is 3.04. The molecule has 150 valence electrons. The molecule has 1 aliphatic heterocycles. The van der Waals surface area contributed by atoms with Crippen LogP contribution in [0.5, 0.6) is 0 Å². The van der Waals surface area contributed by atoms with E-state index in [1.165, 1.54) is 12.2 Å². The number of aliphatic carboxylic acids is 1. The van der Waals surface area contributed by atoms with Crippen LogP contribution in [0.1, 0.15) is 61.8 Å². The second kappa shape index (κ2) is 8.51. The number of carboxylic acids is 1. The van der Waals surface area contributed by atoms with E-state index in [-0.39, 0.29) is 31.0 Å². The van der Waals surface area contributed by atoms with Crippen LogP contribution in [0.3, 0.4) is 0 Å². The molecule has 0 aliphatic carbocycles. The van der Waals surface area contributed by atoms with Gasteiger partial charge in [0.15, 0.2) is 5.69 Å². The number of amides is 2. The van der Waals surface area contributed by atoms with Crippen LogP contribution in [-0.4, -0.2) is 58.2 Å². The maximum Gasteiger partial charge on any atom is 0.303 e. The van der Waals surface area contributed by atoms with Crippen molar-refractivity contribution in [3.8, 4) is 0 Å². The van der Waals surface area contributed by atoms with Gasteiger partial charge in [-0.15, -0.1) is 0 Å². The Labute approximate surface area is 158 Å². The van der Waals surface area contributed by atoms with Crippen LogP contribution in [0, 0.1) is 5.41 Å². The first-order valence-electron chi connectivity index (χ1n) is 9.07. The highest BCUT2D eigenvalue weighted by molar-refractivity contribution is 5.93. The Kier molecular flexibility index (Phi) is 6.59. The first-order valence-corrected chi connectivity index (χ1v) is 9.07. The Morgan fingerprint density at radius 3 is 2.59 bits per heavy atom. The fraction of sp³-hybridized carbons (Fsp3) is 0.667. The summed E-state index contributed by atoms with van der Waals surface area (Å²) in [5.74, 6) is -0.869. The molecule has 27 heavy (non-hydrogen) atoms. The van der Waals surface area contributed by atoms with Crippen LogP contribution in [0.4, 0.5) is 0 Å². The topological polar surface area (TPSA) is 113 Å². The molecule has 1 aromatic heterocycles. The van der Waals surface area contributed by atoms with Crippen LogP contribution in [-0.2, 0) is 27.4 Å². The zero-order chi connectivity index (χ0) is 20.2. The van der Waals surface area contributed by atoms with E-state index >= 15 is 0 Å². The van der Waals surface area contributed by atoms with Crippen molar-refractivity contribution in [3.63, 3.8) is 0 Å². The molecule has 2 amide bonds. The number of hydrogen-bond donors (Lipinski definition) is 1. The van der Waals surface area contributed by atoms with E-state index in [9.17, 15) is 14.4 Å². The maximum atomic E-state index is 12.8. The fourth-order valence-electron chi connectivity index (χ4n) is 3.22. The van der Waals surface area contributed by atoms with Crippen molar-refractivity contribution in [1.29, 1.82) is 0 Å². The highest BCUT2D eigenvalue weighted by Crippen LogP contribution is 2.32. The number of rotatable bonds is 8. The van der Waals surface area contributed by atoms with Gasteiger partial charge in [-0.05, 0) is 18.8 Å². The van der Waals surface area contributed by atoms with Crippen LogP contribution in [0.25, 0.3) is 0 Å². The summed E-state index contributed by atoms with van der Waals surface area (Å²) in [6.07, 6.45) is 1.12. The fourth-order valence-corrected chi connectivity index (χ4v) is 3.22. The largest absolute Gasteiger partial charge is 0.481 e. The lowest BCUT2D eigenvalue weighted by atomic mass is 9.80. The molecule has 1 atom stereocenters. The van der Waals surface area contributed by atoms with Gasteiger partial charge in [0, 0.05) is 31.5 Å². The molecule has 0 fully saturated rings. The summed E-state index contributed by atoms with van der Waals surface area (Å²) >= 11 is 0. The molecule has 9 nitrogen and oxygen atoms in total. The quantitative estimate of drug-likeness (QED) is 0.684. The predicted molar refractivity (Wildman–Crippen MR) is 94.6 cm³/mol. The lowest BCUT2D eigenvalue weighted by Crippen LogP contribution is -2.39. The van der Waals surface area contributed by atoms with Crippen molar-refractivity contribution in [2.24, 2.45) is 5.41 Å². The number of fused-ring (bicyclic) bond motifs is 1. The van der Waals surface area contributed by atoms with Crippen molar-refractivity contribution >= 4 is 17.8 Å². The molecular formula is C18H27N3O6. The normalized spacial score (nSPS) is 15.8. The Morgan fingerprint density at radius 2 is 2.04 bits per heavy atom. The molecule has 0 bridgehead atoms. The molecule has 1 aliphatic rings. The summed E-state index contributed by atoms with van der Waals surface area (Å²) in [6.45, 7) is 6.48. The summed E-state index contributed by atoms with van der Waals surface area (Å²) in [7, 11) is 1.40. The summed E-state index contributed by atoms with van der Waals surface area (Å²) in [5, 5.41) is 14.1. The van der Waals surface area contributed by atoms with Gasteiger partial charge >= 0.3 is 5.97 Å². The van der Waals surface area contributed by atoms with Crippen molar-refractivity contribution in [1.82, 2.24) is 15.1 Å². The third-order valence-electron chi connectivity index (χ3n) is 5.13. The zero-order valence-electron chi connectivity index (χ0n) is 16.3. The summed E-state index contributed by atoms with van der Waals surface area (Å²) in [6, 6.07) is 0. The summed E-state index contributed by atoms with van der Waals surface area (Å²) in [5.41, 5.74) is 0.132. The van der Waals surface area contributed by atoms with E-state index in [0.29, 0.717) is 37.3 Å². The second-order valence-corrected chi connectivity index (χ2v) is 7.09. The Hall–Kier alpha value is -2.42. The highest BCUT2D eigenvalue weighted by atomic mass is 16.7. The minimum absolute atomic E-state index is 0.0649. The Bertz CT molecular complexity index is 712. The zero-order valence-corrected chi connectivity index (χ0v) is 16.3. The first kappa shape index (κ1) is 20.9. The highest BCUT2D eigenvalue weighted by Gasteiger charge is 2.35. The smallest absolute Gasteiger partial charge is 0.303 e. The monoisotopic (exact) mass is 381 g/mol. The van der Waals surface area contributed by atoms with Gasteiger partial charge in [0.05, 0.1) is 20.1 Å². The average molecular weight is 381 g/mol. The van der Waals surface area contributed by atoms with E-state index in [4.69, 9.17) is 14.5 Å². The third kappa shape index (κ3) is 4.65. The second-order valence-electron chi connectivity index (χ2n) is 7.09. The SMILES string of the molecule is CCN(OC)C(=O)c1noc2c1CN(C(=O)CC(C)(CC)CC(=O)O)CC2. The van der Waals surface area contributed by atoms with Crippen molar-refractivity contribution in [3.05, 3.63) is 17.0 Å². The molecular weight excluding hydrogens is 354 g/mol. The minimum atomic E-state index is -0.917. The van der Waals surface area contributed by atoms with Gasteiger partial charge in [0.25, 0.3) is 5.91 Å². The molecule has 1 aromatic rings. The molecule has 0 radical (unpaired) electrons. The number of carbonyl (C=O) groups excluding carboxylic acids is 2. The van der Waals surface area contributed by atoms with Crippen LogP contribution in [0.15, 0.2) is 4.52 Å². The van der Waals surface area contributed by atoms with Crippen molar-refractivity contribution in [2.75, 3.05) is 20.2 Å². The number of aromatic nitrogens is 1. The van der Waals surface area contributed by atoms with E-state index in [2.05, 4.69) is 5.16 Å². The summed E-state index contributed by atoms with van der Waals surface area (Å²) in [4.78, 5) is 43.1. The van der Waals surface area contributed by atoms with Crippen LogP contribution in [0.2, 0.25) is 0 Å². The minimum Gasteiger partial charge on any atom is -0.481 e. The summed E-state index contributed by atoms with van der Waals surface area (Å²) < 4.78 is 5.28. The van der Waals surface area contributed by atoms with E-state index in [1.54, 1.807) is 18.7 Å². The number of carboxylic acid groups (broad SMARTS) is 1. The molecule has 0 aromatic carbocycles. The predicted octanol–water partition coefficient (Wildman–Crippen LogP) is 1.86. The molecule has 9 heteroatoms. The van der Waals surface area contributed by atoms with Gasteiger partial charge in [-0.25, -0.2) is 5.06 Å². The van der Waals surface area contributed by atoms with E-state index in [1.807, 2.05) is 6.92 Å².